The summed E-state index contributed by atoms with van der Waals surface area (Å²) in [6.45, 7) is 9.99. The first kappa shape index (κ1) is 23.1. The van der Waals surface area contributed by atoms with Gasteiger partial charge in [-0.05, 0) is 30.2 Å². The van der Waals surface area contributed by atoms with Gasteiger partial charge >= 0.3 is 6.09 Å². The van der Waals surface area contributed by atoms with Gasteiger partial charge in [-0.15, -0.1) is 0 Å². The average Bonchev–Trinajstić information content (AvgIpc) is 3.53. The van der Waals surface area contributed by atoms with Crippen molar-refractivity contribution in [2.45, 2.75) is 45.3 Å². The van der Waals surface area contributed by atoms with Crippen LogP contribution >= 0.6 is 0 Å². The molecule has 3 fully saturated rings. The Morgan fingerprint density at radius 3 is 2.50 bits per heavy atom. The zero-order chi connectivity index (χ0) is 22.5. The first-order valence-electron chi connectivity index (χ1n) is 12.1. The standard InChI is InChI=1S/C25H37N3O4/c1-3-18(2)24(29)28-15-20-13-27(14-21(20)16-28)11-9-23(19-7-5-4-6-8-19)26-25(30)32-22-10-12-31-17-22/h4-8,18,20-23H,3,9-17H2,1-2H3,(H,26,30)/t18-,20?,21?,22?,23?/m0/s1. The molecule has 0 spiro atoms. The lowest BCUT2D eigenvalue weighted by Gasteiger charge is -2.26. The van der Waals surface area contributed by atoms with E-state index in [9.17, 15) is 9.59 Å². The highest BCUT2D eigenvalue weighted by atomic mass is 16.6. The lowest BCUT2D eigenvalue weighted by molar-refractivity contribution is -0.134. The highest BCUT2D eigenvalue weighted by molar-refractivity contribution is 5.78. The molecule has 0 radical (unpaired) electrons. The second-order valence-electron chi connectivity index (χ2n) is 9.62. The summed E-state index contributed by atoms with van der Waals surface area (Å²) >= 11 is 0. The maximum atomic E-state index is 12.5. The predicted octanol–water partition coefficient (Wildman–Crippen LogP) is 3.07. The Morgan fingerprint density at radius 2 is 1.88 bits per heavy atom. The minimum atomic E-state index is -0.369. The smallest absolute Gasteiger partial charge is 0.407 e. The summed E-state index contributed by atoms with van der Waals surface area (Å²) in [6.07, 6.45) is 1.98. The van der Waals surface area contributed by atoms with Crippen molar-refractivity contribution in [2.24, 2.45) is 17.8 Å². The number of rotatable bonds is 8. The molecule has 1 aromatic rings. The first-order valence-corrected chi connectivity index (χ1v) is 12.1. The van der Waals surface area contributed by atoms with Crippen LogP contribution in [0, 0.1) is 17.8 Å². The third-order valence-electron chi connectivity index (χ3n) is 7.30. The zero-order valence-electron chi connectivity index (χ0n) is 19.4. The summed E-state index contributed by atoms with van der Waals surface area (Å²) in [7, 11) is 0. The van der Waals surface area contributed by atoms with Crippen LogP contribution in [0.1, 0.15) is 44.7 Å². The van der Waals surface area contributed by atoms with Crippen LogP contribution in [-0.4, -0.2) is 73.8 Å². The van der Waals surface area contributed by atoms with E-state index in [0.717, 1.165) is 57.5 Å². The van der Waals surface area contributed by atoms with E-state index >= 15 is 0 Å². The molecule has 2 amide bonds. The summed E-state index contributed by atoms with van der Waals surface area (Å²) in [5, 5.41) is 3.08. The maximum absolute atomic E-state index is 12.5. The van der Waals surface area contributed by atoms with Crippen molar-refractivity contribution in [2.75, 3.05) is 45.9 Å². The number of amides is 2. The second-order valence-corrected chi connectivity index (χ2v) is 9.62. The molecule has 7 heteroatoms. The van der Waals surface area contributed by atoms with E-state index in [0.29, 0.717) is 31.0 Å². The van der Waals surface area contributed by atoms with Crippen LogP contribution in [0.4, 0.5) is 4.79 Å². The van der Waals surface area contributed by atoms with E-state index in [-0.39, 0.29) is 24.2 Å². The van der Waals surface area contributed by atoms with E-state index in [1.54, 1.807) is 0 Å². The third-order valence-corrected chi connectivity index (χ3v) is 7.30. The molecule has 3 aliphatic rings. The zero-order valence-corrected chi connectivity index (χ0v) is 19.4. The van der Waals surface area contributed by atoms with Gasteiger partial charge in [-0.1, -0.05) is 44.2 Å². The molecule has 176 valence electrons. The van der Waals surface area contributed by atoms with Crippen LogP contribution in [0.5, 0.6) is 0 Å². The van der Waals surface area contributed by atoms with Gasteiger partial charge in [0.05, 0.1) is 19.3 Å². The molecule has 4 rings (SSSR count). The van der Waals surface area contributed by atoms with Gasteiger partial charge in [-0.25, -0.2) is 4.79 Å². The van der Waals surface area contributed by atoms with Crippen LogP contribution in [0.3, 0.4) is 0 Å². The van der Waals surface area contributed by atoms with Gasteiger partial charge in [0.15, 0.2) is 0 Å². The highest BCUT2D eigenvalue weighted by Crippen LogP contribution is 2.32. The van der Waals surface area contributed by atoms with Gasteiger partial charge in [-0.3, -0.25) is 4.79 Å². The van der Waals surface area contributed by atoms with E-state index in [2.05, 4.69) is 34.2 Å². The molecular weight excluding hydrogens is 406 g/mol. The molecule has 1 N–H and O–H groups in total. The van der Waals surface area contributed by atoms with Gasteiger partial charge < -0.3 is 24.6 Å². The van der Waals surface area contributed by atoms with Crippen LogP contribution in [0.2, 0.25) is 0 Å². The number of ether oxygens (including phenoxy) is 2. The Hall–Kier alpha value is -2.12. The van der Waals surface area contributed by atoms with E-state index in [4.69, 9.17) is 9.47 Å². The molecule has 5 atom stereocenters. The molecule has 4 unspecified atom stereocenters. The monoisotopic (exact) mass is 443 g/mol. The molecule has 3 heterocycles. The van der Waals surface area contributed by atoms with Crippen molar-refractivity contribution >= 4 is 12.0 Å². The van der Waals surface area contributed by atoms with Gasteiger partial charge in [0.1, 0.15) is 6.10 Å². The molecule has 1 aromatic carbocycles. The molecule has 0 aliphatic carbocycles. The first-order chi connectivity index (χ1) is 15.5. The van der Waals surface area contributed by atoms with Crippen LogP contribution in [0.25, 0.3) is 0 Å². The van der Waals surface area contributed by atoms with Crippen LogP contribution in [-0.2, 0) is 14.3 Å². The normalized spacial score (nSPS) is 27.2. The van der Waals surface area contributed by atoms with Crippen molar-refractivity contribution in [1.82, 2.24) is 15.1 Å². The van der Waals surface area contributed by atoms with Gasteiger partial charge in [0.2, 0.25) is 5.91 Å². The van der Waals surface area contributed by atoms with Crippen LogP contribution < -0.4 is 5.32 Å². The number of nitrogens with one attached hydrogen (secondary N) is 1. The number of benzene rings is 1. The number of fused-ring (bicyclic) bond motifs is 1. The second kappa shape index (κ2) is 10.7. The predicted molar refractivity (Wildman–Crippen MR) is 122 cm³/mol. The Labute approximate surface area is 191 Å². The van der Waals surface area contributed by atoms with Gasteiger partial charge in [-0.2, -0.15) is 0 Å². The molecule has 0 aromatic heterocycles. The largest absolute Gasteiger partial charge is 0.444 e. The summed E-state index contributed by atoms with van der Waals surface area (Å²) in [4.78, 5) is 29.6. The fraction of sp³-hybridized carbons (Fsp3) is 0.680. The lowest BCUT2D eigenvalue weighted by atomic mass is 10.0. The SMILES string of the molecule is CC[C@H](C)C(=O)N1CC2CN(CCC(NC(=O)OC3CCOC3)c3ccccc3)CC2C1. The van der Waals surface area contributed by atoms with E-state index < -0.39 is 0 Å². The Morgan fingerprint density at radius 1 is 1.16 bits per heavy atom. The fourth-order valence-corrected chi connectivity index (χ4v) is 5.19. The molecule has 32 heavy (non-hydrogen) atoms. The van der Waals surface area contributed by atoms with Crippen molar-refractivity contribution in [3.05, 3.63) is 35.9 Å². The number of hydrogen-bond donors (Lipinski definition) is 1. The summed E-state index contributed by atoms with van der Waals surface area (Å²) < 4.78 is 10.8. The summed E-state index contributed by atoms with van der Waals surface area (Å²) in [6, 6.07) is 10.0. The van der Waals surface area contributed by atoms with Crippen molar-refractivity contribution in [3.8, 4) is 0 Å². The highest BCUT2D eigenvalue weighted by Gasteiger charge is 2.42. The number of carbonyl (C=O) groups excluding carboxylic acids is 2. The molecule has 3 aliphatic heterocycles. The van der Waals surface area contributed by atoms with Gasteiger partial charge in [0.25, 0.3) is 0 Å². The molecule has 0 saturated carbocycles. The number of alkyl carbamates (subject to hydrolysis) is 1. The number of carbonyl (C=O) groups is 2. The summed E-state index contributed by atoms with van der Waals surface area (Å²) in [5.41, 5.74) is 1.09. The van der Waals surface area contributed by atoms with E-state index in [1.807, 2.05) is 25.1 Å². The Balaban J connectivity index is 1.28. The third kappa shape index (κ3) is 5.62. The Bertz CT molecular complexity index is 754. The molecular formula is C25H37N3O4. The number of nitrogens with zero attached hydrogens (tertiary/aromatic N) is 2. The Kier molecular flexibility index (Phi) is 7.68. The summed E-state index contributed by atoms with van der Waals surface area (Å²) in [5.74, 6) is 1.57. The minimum Gasteiger partial charge on any atom is -0.444 e. The van der Waals surface area contributed by atoms with Crippen LogP contribution in [0.15, 0.2) is 30.3 Å². The fourth-order valence-electron chi connectivity index (χ4n) is 5.19. The minimum absolute atomic E-state index is 0.0880. The topological polar surface area (TPSA) is 71.1 Å². The number of likely N-dealkylation sites (tertiary alicyclic amines) is 2. The van der Waals surface area contributed by atoms with Crippen molar-refractivity contribution in [1.29, 1.82) is 0 Å². The molecule has 3 saturated heterocycles. The lowest BCUT2D eigenvalue weighted by Crippen LogP contribution is -2.37. The molecule has 0 bridgehead atoms. The molecule has 7 nitrogen and oxygen atoms in total. The maximum Gasteiger partial charge on any atom is 0.407 e. The van der Waals surface area contributed by atoms with Crippen molar-refractivity contribution < 1.29 is 19.1 Å². The quantitative estimate of drug-likeness (QED) is 0.669. The van der Waals surface area contributed by atoms with Crippen molar-refractivity contribution in [3.63, 3.8) is 0 Å². The van der Waals surface area contributed by atoms with Gasteiger partial charge in [0, 0.05) is 45.1 Å². The average molecular weight is 444 g/mol. The number of hydrogen-bond acceptors (Lipinski definition) is 5. The van der Waals surface area contributed by atoms with E-state index in [1.165, 1.54) is 0 Å².